The van der Waals surface area contributed by atoms with Gasteiger partial charge in [-0.3, -0.25) is 4.79 Å². The van der Waals surface area contributed by atoms with Crippen LogP contribution < -0.4 is 14.3 Å². The molecule has 1 N–H and O–H groups in total. The number of benzene rings is 2. The molecule has 0 fully saturated rings. The van der Waals surface area contributed by atoms with E-state index in [0.29, 0.717) is 27.6 Å². The Bertz CT molecular complexity index is 1150. The summed E-state index contributed by atoms with van der Waals surface area (Å²) in [6.07, 6.45) is 0. The molecule has 3 aromatic rings. The van der Waals surface area contributed by atoms with Crippen molar-refractivity contribution in [3.8, 4) is 11.5 Å². The lowest BCUT2D eigenvalue weighted by atomic mass is 10.2. The number of carbonyl (C=O) groups is 2. The Labute approximate surface area is 162 Å². The second kappa shape index (κ2) is 6.71. The van der Waals surface area contributed by atoms with E-state index in [4.69, 9.17) is 21.1 Å². The fourth-order valence-electron chi connectivity index (χ4n) is 2.77. The maximum Gasteiger partial charge on any atom is 0.326 e. The molecule has 0 spiro atoms. The molecular weight excluding hydrogens is 392 g/mol. The predicted octanol–water partition coefficient (Wildman–Crippen LogP) is 3.47. The van der Waals surface area contributed by atoms with Crippen LogP contribution in [0.5, 0.6) is 11.5 Å². The molecule has 0 saturated heterocycles. The zero-order valence-corrected chi connectivity index (χ0v) is 15.6. The molecule has 0 aliphatic carbocycles. The number of rotatable bonds is 3. The van der Waals surface area contributed by atoms with Crippen LogP contribution in [0.25, 0.3) is 10.2 Å². The van der Waals surface area contributed by atoms with E-state index < -0.39 is 17.9 Å². The SMILES string of the molecule is CC(C(=O)O)n1c(=NC(=O)c2cccc(Cl)c2)sc2cc3c(cc21)OCO3. The van der Waals surface area contributed by atoms with Crippen LogP contribution in [0.1, 0.15) is 23.3 Å². The first-order valence-electron chi connectivity index (χ1n) is 7.96. The summed E-state index contributed by atoms with van der Waals surface area (Å²) in [4.78, 5) is 28.6. The number of aromatic nitrogens is 1. The first-order valence-corrected chi connectivity index (χ1v) is 9.15. The number of halogens is 1. The lowest BCUT2D eigenvalue weighted by molar-refractivity contribution is -0.140. The van der Waals surface area contributed by atoms with E-state index in [1.165, 1.54) is 28.9 Å². The van der Waals surface area contributed by atoms with Crippen LogP contribution in [0.2, 0.25) is 5.02 Å². The Morgan fingerprint density at radius 3 is 2.70 bits per heavy atom. The third-order valence-electron chi connectivity index (χ3n) is 4.13. The second-order valence-corrected chi connectivity index (χ2v) is 7.31. The predicted molar refractivity (Wildman–Crippen MR) is 99.6 cm³/mol. The molecular formula is C18H13ClN2O5S. The summed E-state index contributed by atoms with van der Waals surface area (Å²) >= 11 is 7.14. The van der Waals surface area contributed by atoms with Crippen LogP contribution in [0.4, 0.5) is 0 Å². The van der Waals surface area contributed by atoms with Gasteiger partial charge in [0.2, 0.25) is 6.79 Å². The number of hydrogen-bond donors (Lipinski definition) is 1. The quantitative estimate of drug-likeness (QED) is 0.721. The monoisotopic (exact) mass is 404 g/mol. The Balaban J connectivity index is 1.92. The lowest BCUT2D eigenvalue weighted by Gasteiger charge is -2.10. The van der Waals surface area contributed by atoms with Crippen molar-refractivity contribution in [1.29, 1.82) is 0 Å². The molecule has 1 atom stereocenters. The summed E-state index contributed by atoms with van der Waals surface area (Å²) in [5, 5.41) is 9.92. The van der Waals surface area contributed by atoms with Crippen LogP contribution in [-0.4, -0.2) is 28.3 Å². The maximum absolute atomic E-state index is 12.6. The Morgan fingerprint density at radius 1 is 1.26 bits per heavy atom. The van der Waals surface area contributed by atoms with Gasteiger partial charge in [0.1, 0.15) is 6.04 Å². The molecule has 9 heteroatoms. The molecule has 1 amide bonds. The average Bonchev–Trinajstić information content (AvgIpc) is 3.22. The van der Waals surface area contributed by atoms with Crippen molar-refractivity contribution in [2.45, 2.75) is 13.0 Å². The van der Waals surface area contributed by atoms with Crippen LogP contribution in [0.15, 0.2) is 41.4 Å². The molecule has 1 unspecified atom stereocenters. The average molecular weight is 405 g/mol. The van der Waals surface area contributed by atoms with Gasteiger partial charge >= 0.3 is 5.97 Å². The number of fused-ring (bicyclic) bond motifs is 2. The Hall–Kier alpha value is -2.84. The zero-order valence-electron chi connectivity index (χ0n) is 14.0. The van der Waals surface area contributed by atoms with Gasteiger partial charge in [-0.1, -0.05) is 29.0 Å². The molecule has 138 valence electrons. The van der Waals surface area contributed by atoms with Crippen molar-refractivity contribution in [1.82, 2.24) is 4.57 Å². The minimum absolute atomic E-state index is 0.117. The molecule has 2 heterocycles. The van der Waals surface area contributed by atoms with Gasteiger partial charge in [0.05, 0.1) is 10.2 Å². The number of thiazole rings is 1. The highest BCUT2D eigenvalue weighted by molar-refractivity contribution is 7.16. The summed E-state index contributed by atoms with van der Waals surface area (Å²) in [7, 11) is 0. The molecule has 27 heavy (non-hydrogen) atoms. The number of carboxylic acid groups (broad SMARTS) is 1. The summed E-state index contributed by atoms with van der Waals surface area (Å²) in [5.74, 6) is -0.439. The first kappa shape index (κ1) is 17.6. The smallest absolute Gasteiger partial charge is 0.326 e. The summed E-state index contributed by atoms with van der Waals surface area (Å²) in [6, 6.07) is 8.97. The normalized spacial score (nSPS) is 14.5. The third-order valence-corrected chi connectivity index (χ3v) is 5.39. The van der Waals surface area contributed by atoms with Crippen LogP contribution in [0.3, 0.4) is 0 Å². The summed E-state index contributed by atoms with van der Waals surface area (Å²) in [6.45, 7) is 1.65. The molecule has 0 bridgehead atoms. The van der Waals surface area contributed by atoms with Gasteiger partial charge in [-0.15, -0.1) is 0 Å². The Morgan fingerprint density at radius 2 is 2.00 bits per heavy atom. The second-order valence-electron chi connectivity index (χ2n) is 5.87. The summed E-state index contributed by atoms with van der Waals surface area (Å²) < 4.78 is 13.0. The minimum atomic E-state index is -1.04. The van der Waals surface area contributed by atoms with Gasteiger partial charge in [-0.2, -0.15) is 4.99 Å². The molecule has 2 aromatic carbocycles. The van der Waals surface area contributed by atoms with Crippen LogP contribution in [-0.2, 0) is 4.79 Å². The van der Waals surface area contributed by atoms with E-state index in [-0.39, 0.29) is 11.6 Å². The van der Waals surface area contributed by atoms with Gasteiger partial charge in [0, 0.05) is 22.7 Å². The van der Waals surface area contributed by atoms with Gasteiger partial charge < -0.3 is 19.1 Å². The van der Waals surface area contributed by atoms with Crippen molar-refractivity contribution in [2.75, 3.05) is 6.79 Å². The number of hydrogen-bond acceptors (Lipinski definition) is 5. The van der Waals surface area contributed by atoms with E-state index in [0.717, 1.165) is 4.70 Å². The minimum Gasteiger partial charge on any atom is -0.480 e. The van der Waals surface area contributed by atoms with Crippen LogP contribution >= 0.6 is 22.9 Å². The van der Waals surface area contributed by atoms with E-state index in [9.17, 15) is 14.7 Å². The lowest BCUT2D eigenvalue weighted by Crippen LogP contribution is -2.25. The molecule has 7 nitrogen and oxygen atoms in total. The highest BCUT2D eigenvalue weighted by atomic mass is 35.5. The first-order chi connectivity index (χ1) is 12.9. The van der Waals surface area contributed by atoms with Crippen molar-refractivity contribution in [3.63, 3.8) is 0 Å². The molecule has 0 radical (unpaired) electrons. The molecule has 1 aromatic heterocycles. The fraction of sp³-hybridized carbons (Fsp3) is 0.167. The van der Waals surface area contributed by atoms with Crippen molar-refractivity contribution < 1.29 is 24.2 Å². The van der Waals surface area contributed by atoms with Crippen molar-refractivity contribution >= 4 is 45.0 Å². The molecule has 1 aliphatic heterocycles. The highest BCUT2D eigenvalue weighted by Gasteiger charge is 2.23. The number of aliphatic carboxylic acids is 1. The molecule has 4 rings (SSSR count). The standard InChI is InChI=1S/C18H13ClN2O5S/c1-9(17(23)24)21-12-6-13-14(26-8-25-13)7-15(12)27-18(21)20-16(22)10-3-2-4-11(19)5-10/h2-7,9H,8H2,1H3,(H,23,24). The zero-order chi connectivity index (χ0) is 19.1. The van der Waals surface area contributed by atoms with Crippen molar-refractivity contribution in [2.24, 2.45) is 4.99 Å². The van der Waals surface area contributed by atoms with Crippen molar-refractivity contribution in [3.05, 3.63) is 51.8 Å². The van der Waals surface area contributed by atoms with E-state index >= 15 is 0 Å². The van der Waals surface area contributed by atoms with Gasteiger partial charge in [-0.05, 0) is 25.1 Å². The summed E-state index contributed by atoms with van der Waals surface area (Å²) in [5.41, 5.74) is 0.931. The van der Waals surface area contributed by atoms with E-state index in [1.54, 1.807) is 30.3 Å². The van der Waals surface area contributed by atoms with Crippen LogP contribution in [0, 0.1) is 0 Å². The van der Waals surface area contributed by atoms with E-state index in [1.807, 2.05) is 0 Å². The third kappa shape index (κ3) is 3.17. The number of carbonyl (C=O) groups excluding carboxylic acids is 1. The number of nitrogens with zero attached hydrogens (tertiary/aromatic N) is 2. The molecule has 1 aliphatic rings. The van der Waals surface area contributed by atoms with Gasteiger partial charge in [-0.25, -0.2) is 4.79 Å². The number of carboxylic acids is 1. The molecule has 0 saturated carbocycles. The van der Waals surface area contributed by atoms with E-state index in [2.05, 4.69) is 4.99 Å². The topological polar surface area (TPSA) is 90.1 Å². The number of amides is 1. The fourth-order valence-corrected chi connectivity index (χ4v) is 4.07. The van der Waals surface area contributed by atoms with Gasteiger partial charge in [0.25, 0.3) is 5.91 Å². The maximum atomic E-state index is 12.6. The Kier molecular flexibility index (Phi) is 4.37. The highest BCUT2D eigenvalue weighted by Crippen LogP contribution is 2.37. The largest absolute Gasteiger partial charge is 0.480 e. The van der Waals surface area contributed by atoms with Gasteiger partial charge in [0.15, 0.2) is 16.3 Å². The number of ether oxygens (including phenoxy) is 2.